The van der Waals surface area contributed by atoms with Crippen molar-refractivity contribution in [1.29, 1.82) is 0 Å². The Labute approximate surface area is 124 Å². The number of amides is 1. The third-order valence-corrected chi connectivity index (χ3v) is 4.31. The monoisotopic (exact) mass is 293 g/mol. The minimum atomic E-state index is -1.01. The summed E-state index contributed by atoms with van der Waals surface area (Å²) < 4.78 is 1.83. The van der Waals surface area contributed by atoms with E-state index in [0.29, 0.717) is 12.5 Å². The second kappa shape index (κ2) is 6.74. The molecule has 0 aromatic carbocycles. The van der Waals surface area contributed by atoms with Gasteiger partial charge in [0.2, 0.25) is 0 Å². The summed E-state index contributed by atoms with van der Waals surface area (Å²) in [7, 11) is 0. The second-order valence-electron chi connectivity index (χ2n) is 5.79. The molecule has 116 valence electrons. The lowest BCUT2D eigenvalue weighted by Gasteiger charge is -2.19. The second-order valence-corrected chi connectivity index (χ2v) is 5.79. The Hall–Kier alpha value is -1.85. The van der Waals surface area contributed by atoms with Gasteiger partial charge in [0.15, 0.2) is 0 Å². The molecular formula is C15H23N3O3. The van der Waals surface area contributed by atoms with Crippen LogP contribution in [-0.2, 0) is 4.79 Å². The maximum absolute atomic E-state index is 12.2. The molecule has 1 aromatic rings. The third kappa shape index (κ3) is 3.62. The van der Waals surface area contributed by atoms with E-state index in [-0.39, 0.29) is 11.6 Å². The van der Waals surface area contributed by atoms with Crippen molar-refractivity contribution in [2.45, 2.75) is 58.0 Å². The van der Waals surface area contributed by atoms with Gasteiger partial charge in [-0.2, -0.15) is 5.10 Å². The molecule has 0 saturated heterocycles. The zero-order valence-electron chi connectivity index (χ0n) is 12.6. The predicted molar refractivity (Wildman–Crippen MR) is 78.1 cm³/mol. The molecule has 1 saturated carbocycles. The fraction of sp³-hybridized carbons (Fsp3) is 0.667. The number of hydrogen-bond acceptors (Lipinski definition) is 3. The van der Waals surface area contributed by atoms with Gasteiger partial charge in [0.25, 0.3) is 5.91 Å². The topological polar surface area (TPSA) is 84.2 Å². The molecule has 6 heteroatoms. The lowest BCUT2D eigenvalue weighted by atomic mass is 9.99. The molecule has 0 bridgehead atoms. The lowest BCUT2D eigenvalue weighted by Crippen LogP contribution is -2.45. The maximum atomic E-state index is 12.2. The van der Waals surface area contributed by atoms with Gasteiger partial charge in [-0.15, -0.1) is 0 Å². The molecule has 1 aliphatic rings. The van der Waals surface area contributed by atoms with E-state index >= 15 is 0 Å². The third-order valence-electron chi connectivity index (χ3n) is 4.31. The molecule has 1 aromatic heterocycles. The standard InChI is InChI=1S/C15H23N3O3/c1-3-10(2)13(15(20)21)16-14(19)12-8-9-18(17-12)11-6-4-5-7-11/h8-11,13H,3-7H2,1-2H3,(H,16,19)(H,20,21)/t10-,13+/m1/s1. The smallest absolute Gasteiger partial charge is 0.326 e. The Morgan fingerprint density at radius 2 is 2.14 bits per heavy atom. The Bertz CT molecular complexity index is 506. The van der Waals surface area contributed by atoms with Crippen LogP contribution in [0.15, 0.2) is 12.3 Å². The summed E-state index contributed by atoms with van der Waals surface area (Å²) in [6.45, 7) is 3.72. The number of carbonyl (C=O) groups is 2. The summed E-state index contributed by atoms with van der Waals surface area (Å²) >= 11 is 0. The van der Waals surface area contributed by atoms with E-state index in [1.54, 1.807) is 6.07 Å². The summed E-state index contributed by atoms with van der Waals surface area (Å²) in [5, 5.41) is 16.1. The van der Waals surface area contributed by atoms with Crippen molar-refractivity contribution in [3.63, 3.8) is 0 Å². The minimum absolute atomic E-state index is 0.122. The molecule has 2 N–H and O–H groups in total. The highest BCUT2D eigenvalue weighted by Gasteiger charge is 2.27. The van der Waals surface area contributed by atoms with Gasteiger partial charge < -0.3 is 10.4 Å². The highest BCUT2D eigenvalue weighted by molar-refractivity contribution is 5.94. The molecule has 0 aliphatic heterocycles. The maximum Gasteiger partial charge on any atom is 0.326 e. The Morgan fingerprint density at radius 1 is 1.48 bits per heavy atom. The van der Waals surface area contributed by atoms with Crippen LogP contribution in [0.1, 0.15) is 62.5 Å². The Balaban J connectivity index is 2.03. The number of aliphatic carboxylic acids is 1. The fourth-order valence-corrected chi connectivity index (χ4v) is 2.73. The first kappa shape index (κ1) is 15.5. The first-order valence-electron chi connectivity index (χ1n) is 7.61. The first-order chi connectivity index (χ1) is 10.0. The van der Waals surface area contributed by atoms with Crippen molar-refractivity contribution in [1.82, 2.24) is 15.1 Å². The van der Waals surface area contributed by atoms with Gasteiger partial charge in [0, 0.05) is 6.20 Å². The summed E-state index contributed by atoms with van der Waals surface area (Å²) in [5.74, 6) is -1.55. The van der Waals surface area contributed by atoms with Crippen LogP contribution in [0.4, 0.5) is 0 Å². The Morgan fingerprint density at radius 3 is 2.71 bits per heavy atom. The number of carboxylic acid groups (broad SMARTS) is 1. The molecule has 6 nitrogen and oxygen atoms in total. The molecule has 1 amide bonds. The average molecular weight is 293 g/mol. The summed E-state index contributed by atoms with van der Waals surface area (Å²) in [6, 6.07) is 1.15. The number of nitrogens with zero attached hydrogens (tertiary/aromatic N) is 2. The van der Waals surface area contributed by atoms with Crippen molar-refractivity contribution in [2.75, 3.05) is 0 Å². The van der Waals surface area contributed by atoms with Gasteiger partial charge in [-0.3, -0.25) is 9.48 Å². The van der Waals surface area contributed by atoms with E-state index in [4.69, 9.17) is 0 Å². The van der Waals surface area contributed by atoms with E-state index in [0.717, 1.165) is 12.8 Å². The van der Waals surface area contributed by atoms with Gasteiger partial charge >= 0.3 is 5.97 Å². The van der Waals surface area contributed by atoms with Crippen molar-refractivity contribution in [2.24, 2.45) is 5.92 Å². The molecule has 0 spiro atoms. The average Bonchev–Trinajstić information content (AvgIpc) is 3.12. The van der Waals surface area contributed by atoms with Crippen molar-refractivity contribution >= 4 is 11.9 Å². The van der Waals surface area contributed by atoms with E-state index in [1.807, 2.05) is 24.7 Å². The number of rotatable bonds is 6. The van der Waals surface area contributed by atoms with E-state index in [1.165, 1.54) is 12.8 Å². The lowest BCUT2D eigenvalue weighted by molar-refractivity contribution is -0.140. The molecule has 1 fully saturated rings. The van der Waals surface area contributed by atoms with Gasteiger partial charge in [0.05, 0.1) is 6.04 Å². The highest BCUT2D eigenvalue weighted by atomic mass is 16.4. The van der Waals surface area contributed by atoms with Crippen LogP contribution in [0.5, 0.6) is 0 Å². The van der Waals surface area contributed by atoms with Gasteiger partial charge in [-0.25, -0.2) is 4.79 Å². The zero-order chi connectivity index (χ0) is 15.4. The van der Waals surface area contributed by atoms with Gasteiger partial charge in [-0.1, -0.05) is 33.1 Å². The molecule has 0 unspecified atom stereocenters. The molecule has 2 rings (SSSR count). The highest BCUT2D eigenvalue weighted by Crippen LogP contribution is 2.28. The van der Waals surface area contributed by atoms with Crippen LogP contribution in [-0.4, -0.2) is 32.8 Å². The van der Waals surface area contributed by atoms with Crippen molar-refractivity contribution in [3.8, 4) is 0 Å². The van der Waals surface area contributed by atoms with E-state index < -0.39 is 17.9 Å². The molecular weight excluding hydrogens is 270 g/mol. The van der Waals surface area contributed by atoms with E-state index in [2.05, 4.69) is 10.4 Å². The van der Waals surface area contributed by atoms with Gasteiger partial charge in [0.1, 0.15) is 11.7 Å². The Kier molecular flexibility index (Phi) is 4.98. The van der Waals surface area contributed by atoms with Crippen LogP contribution < -0.4 is 5.32 Å². The number of nitrogens with one attached hydrogen (secondary N) is 1. The summed E-state index contributed by atoms with van der Waals surface area (Å²) in [5.41, 5.74) is 0.288. The zero-order valence-corrected chi connectivity index (χ0v) is 12.6. The number of carbonyl (C=O) groups excluding carboxylic acids is 1. The summed E-state index contributed by atoms with van der Waals surface area (Å²) in [6.07, 6.45) is 7.07. The van der Waals surface area contributed by atoms with Crippen molar-refractivity contribution in [3.05, 3.63) is 18.0 Å². The molecule has 21 heavy (non-hydrogen) atoms. The van der Waals surface area contributed by atoms with Crippen LogP contribution in [0, 0.1) is 5.92 Å². The minimum Gasteiger partial charge on any atom is -0.480 e. The number of carboxylic acids is 1. The van der Waals surface area contributed by atoms with Crippen LogP contribution in [0.25, 0.3) is 0 Å². The van der Waals surface area contributed by atoms with Crippen LogP contribution in [0.3, 0.4) is 0 Å². The first-order valence-corrected chi connectivity index (χ1v) is 7.61. The number of aromatic nitrogens is 2. The summed E-state index contributed by atoms with van der Waals surface area (Å²) in [4.78, 5) is 23.4. The predicted octanol–water partition coefficient (Wildman–Crippen LogP) is 2.23. The molecule has 0 radical (unpaired) electrons. The molecule has 1 heterocycles. The molecule has 1 aliphatic carbocycles. The SMILES string of the molecule is CC[C@@H](C)[C@H](NC(=O)c1ccn(C2CCCC2)n1)C(=O)O. The van der Waals surface area contributed by atoms with Crippen LogP contribution >= 0.6 is 0 Å². The van der Waals surface area contributed by atoms with Crippen LogP contribution in [0.2, 0.25) is 0 Å². The molecule has 2 atom stereocenters. The van der Waals surface area contributed by atoms with Gasteiger partial charge in [-0.05, 0) is 24.8 Å². The number of hydrogen-bond donors (Lipinski definition) is 2. The fourth-order valence-electron chi connectivity index (χ4n) is 2.73. The van der Waals surface area contributed by atoms with Crippen molar-refractivity contribution < 1.29 is 14.7 Å². The normalized spacial score (nSPS) is 18.4. The largest absolute Gasteiger partial charge is 0.480 e. The quantitative estimate of drug-likeness (QED) is 0.842. The van der Waals surface area contributed by atoms with E-state index in [9.17, 15) is 14.7 Å².